The van der Waals surface area contributed by atoms with Crippen molar-refractivity contribution in [3.05, 3.63) is 36.6 Å². The van der Waals surface area contributed by atoms with Crippen LogP contribution in [0.5, 0.6) is 0 Å². The van der Waals surface area contributed by atoms with Crippen molar-refractivity contribution >= 4 is 6.03 Å². The molecule has 0 atom stereocenters. The third kappa shape index (κ3) is 4.80. The summed E-state index contributed by atoms with van der Waals surface area (Å²) >= 11 is 0. The molecule has 0 aromatic heterocycles. The average molecular weight is 244 g/mol. The van der Waals surface area contributed by atoms with Gasteiger partial charge in [-0.1, -0.05) is 19.2 Å². The number of nitrogens with zero attached hydrogens (tertiary/aromatic N) is 2. The first-order chi connectivity index (χ1) is 7.57. The van der Waals surface area contributed by atoms with Gasteiger partial charge in [-0.15, -0.1) is 0 Å². The van der Waals surface area contributed by atoms with Gasteiger partial charge >= 0.3 is 6.03 Å². The van der Waals surface area contributed by atoms with Crippen LogP contribution in [-0.2, 0) is 0 Å². The molecule has 2 amide bonds. The second-order valence-electron chi connectivity index (χ2n) is 3.97. The Bertz CT molecular complexity index is 354. The lowest BCUT2D eigenvalue weighted by molar-refractivity contribution is 0.0680. The highest BCUT2D eigenvalue weighted by molar-refractivity contribution is 5.75. The van der Waals surface area contributed by atoms with Crippen LogP contribution < -0.4 is 0 Å². The first-order valence-corrected chi connectivity index (χ1v) is 4.96. The standard InChI is InChI=1S/C12H18F2N2O/c1-9(12(3,13)14)7-8-10(2)16(6)11(17)15(4)5/h7-8H,1-2H2,3-6H3. The van der Waals surface area contributed by atoms with Gasteiger partial charge in [-0.05, 0) is 6.08 Å². The lowest BCUT2D eigenvalue weighted by Gasteiger charge is -2.22. The second-order valence-corrected chi connectivity index (χ2v) is 3.97. The average Bonchev–Trinajstić information content (AvgIpc) is 2.21. The monoisotopic (exact) mass is 244 g/mol. The van der Waals surface area contributed by atoms with E-state index >= 15 is 0 Å². The molecule has 0 saturated heterocycles. The number of rotatable bonds is 4. The first-order valence-electron chi connectivity index (χ1n) is 4.96. The molecule has 0 saturated carbocycles. The molecule has 0 unspecified atom stereocenters. The maximum atomic E-state index is 12.8. The molecule has 0 N–H and O–H groups in total. The van der Waals surface area contributed by atoms with E-state index in [-0.39, 0.29) is 11.6 Å². The van der Waals surface area contributed by atoms with Crippen molar-refractivity contribution in [2.24, 2.45) is 0 Å². The van der Waals surface area contributed by atoms with Crippen LogP contribution >= 0.6 is 0 Å². The maximum absolute atomic E-state index is 12.8. The third-order valence-corrected chi connectivity index (χ3v) is 2.14. The van der Waals surface area contributed by atoms with Gasteiger partial charge in [0, 0.05) is 39.3 Å². The van der Waals surface area contributed by atoms with Crippen molar-refractivity contribution in [2.75, 3.05) is 21.1 Å². The summed E-state index contributed by atoms with van der Waals surface area (Å²) in [5.41, 5.74) is -0.0153. The Labute approximate surface area is 101 Å². The molecule has 3 nitrogen and oxygen atoms in total. The summed E-state index contributed by atoms with van der Waals surface area (Å²) in [4.78, 5) is 14.1. The summed E-state index contributed by atoms with van der Waals surface area (Å²) in [6, 6.07) is -0.284. The van der Waals surface area contributed by atoms with E-state index < -0.39 is 5.92 Å². The first kappa shape index (κ1) is 15.3. The second kappa shape index (κ2) is 5.61. The van der Waals surface area contributed by atoms with Crippen LogP contribution in [0.25, 0.3) is 0 Å². The number of carbonyl (C=O) groups is 1. The lowest BCUT2D eigenvalue weighted by atomic mass is 10.1. The molecule has 17 heavy (non-hydrogen) atoms. The number of hydrogen-bond donors (Lipinski definition) is 0. The lowest BCUT2D eigenvalue weighted by Crippen LogP contribution is -2.35. The fourth-order valence-corrected chi connectivity index (χ4v) is 0.878. The molecule has 0 bridgehead atoms. The predicted molar refractivity (Wildman–Crippen MR) is 64.9 cm³/mol. The number of urea groups is 1. The number of alkyl halides is 2. The van der Waals surface area contributed by atoms with E-state index in [2.05, 4.69) is 13.2 Å². The van der Waals surface area contributed by atoms with Gasteiger partial charge in [0.15, 0.2) is 0 Å². The normalized spacial score (nSPS) is 11.4. The topological polar surface area (TPSA) is 23.6 Å². The Kier molecular flexibility index (Phi) is 5.07. The fraction of sp³-hybridized carbons (Fsp3) is 0.417. The fourth-order valence-electron chi connectivity index (χ4n) is 0.878. The molecular weight excluding hydrogens is 226 g/mol. The Morgan fingerprint density at radius 3 is 2.00 bits per heavy atom. The summed E-state index contributed by atoms with van der Waals surface area (Å²) in [5, 5.41) is 0. The molecule has 0 aromatic rings. The van der Waals surface area contributed by atoms with Crippen molar-refractivity contribution < 1.29 is 13.6 Å². The number of amides is 2. The van der Waals surface area contributed by atoms with Gasteiger partial charge in [0.05, 0.1) is 0 Å². The van der Waals surface area contributed by atoms with Gasteiger partial charge in [0.25, 0.3) is 5.92 Å². The van der Waals surface area contributed by atoms with Crippen LogP contribution in [0.15, 0.2) is 36.6 Å². The molecule has 0 spiro atoms. The van der Waals surface area contributed by atoms with Gasteiger partial charge in [-0.2, -0.15) is 0 Å². The summed E-state index contributed by atoms with van der Waals surface area (Å²) < 4.78 is 25.6. The molecule has 0 aliphatic carbocycles. The number of hydrogen-bond acceptors (Lipinski definition) is 1. The van der Waals surface area contributed by atoms with Crippen LogP contribution in [0.4, 0.5) is 13.6 Å². The van der Waals surface area contributed by atoms with Crippen LogP contribution in [0.1, 0.15) is 6.92 Å². The van der Waals surface area contributed by atoms with Crippen LogP contribution in [0.2, 0.25) is 0 Å². The van der Waals surface area contributed by atoms with E-state index in [1.807, 2.05) is 0 Å². The maximum Gasteiger partial charge on any atom is 0.323 e. The third-order valence-electron chi connectivity index (χ3n) is 2.14. The quantitative estimate of drug-likeness (QED) is 0.697. The molecule has 96 valence electrons. The Hall–Kier alpha value is -1.65. The largest absolute Gasteiger partial charge is 0.330 e. The zero-order valence-electron chi connectivity index (χ0n) is 10.6. The number of carbonyl (C=O) groups excluding carboxylic acids is 1. The van der Waals surface area contributed by atoms with Gasteiger partial charge in [0.2, 0.25) is 0 Å². The van der Waals surface area contributed by atoms with Crippen molar-refractivity contribution in [3.63, 3.8) is 0 Å². The summed E-state index contributed by atoms with van der Waals surface area (Å²) in [5.74, 6) is -2.97. The molecule has 5 heteroatoms. The van der Waals surface area contributed by atoms with E-state index in [9.17, 15) is 13.6 Å². The molecule has 0 fully saturated rings. The van der Waals surface area contributed by atoms with Gasteiger partial charge in [0.1, 0.15) is 0 Å². The van der Waals surface area contributed by atoms with Crippen LogP contribution in [0, 0.1) is 0 Å². The Balaban J connectivity index is 4.62. The summed E-state index contributed by atoms with van der Waals surface area (Å²) in [6.45, 7) is 7.62. The van der Waals surface area contributed by atoms with Crippen LogP contribution in [-0.4, -0.2) is 42.9 Å². The predicted octanol–water partition coefficient (Wildman–Crippen LogP) is 2.88. The summed E-state index contributed by atoms with van der Waals surface area (Å²) in [7, 11) is 4.70. The highest BCUT2D eigenvalue weighted by Gasteiger charge is 2.23. The van der Waals surface area contributed by atoms with E-state index in [0.717, 1.165) is 13.0 Å². The van der Waals surface area contributed by atoms with Crippen molar-refractivity contribution in [1.29, 1.82) is 0 Å². The van der Waals surface area contributed by atoms with Crippen molar-refractivity contribution in [3.8, 4) is 0 Å². The number of halogens is 2. The molecule has 0 heterocycles. The minimum Gasteiger partial charge on any atom is -0.330 e. The molecular formula is C12H18F2N2O. The highest BCUT2D eigenvalue weighted by atomic mass is 19.3. The van der Waals surface area contributed by atoms with Crippen LogP contribution in [0.3, 0.4) is 0 Å². The minimum atomic E-state index is -2.97. The number of allylic oxidation sites excluding steroid dienone is 3. The van der Waals surface area contributed by atoms with Gasteiger partial charge in [-0.25, -0.2) is 13.6 Å². The SMILES string of the molecule is C=C(C=CC(=C)C(C)(F)F)N(C)C(=O)N(C)C. The smallest absolute Gasteiger partial charge is 0.323 e. The molecule has 0 aromatic carbocycles. The van der Waals surface area contributed by atoms with E-state index in [0.29, 0.717) is 5.70 Å². The zero-order valence-corrected chi connectivity index (χ0v) is 10.6. The van der Waals surface area contributed by atoms with Crippen molar-refractivity contribution in [2.45, 2.75) is 12.8 Å². The highest BCUT2D eigenvalue weighted by Crippen LogP contribution is 2.22. The van der Waals surface area contributed by atoms with Crippen molar-refractivity contribution in [1.82, 2.24) is 9.80 Å². The molecule has 0 aliphatic rings. The van der Waals surface area contributed by atoms with Gasteiger partial charge in [-0.3, -0.25) is 4.90 Å². The Morgan fingerprint density at radius 1 is 1.18 bits per heavy atom. The van der Waals surface area contributed by atoms with E-state index in [1.54, 1.807) is 14.1 Å². The van der Waals surface area contributed by atoms with E-state index in [1.165, 1.54) is 22.9 Å². The molecule has 0 aliphatic heterocycles. The molecule has 0 rings (SSSR count). The Morgan fingerprint density at radius 2 is 1.65 bits per heavy atom. The number of likely N-dealkylation sites (N-methyl/N-ethyl adjacent to an activating group) is 1. The summed E-state index contributed by atoms with van der Waals surface area (Å²) in [6.07, 6.45) is 2.49. The molecule has 0 radical (unpaired) electrons. The minimum absolute atomic E-state index is 0.284. The van der Waals surface area contributed by atoms with Gasteiger partial charge < -0.3 is 4.90 Å². The zero-order chi connectivity index (χ0) is 13.8. The van der Waals surface area contributed by atoms with E-state index in [4.69, 9.17) is 0 Å².